The highest BCUT2D eigenvalue weighted by Crippen LogP contribution is 2.38. The number of fused-ring (bicyclic) bond motifs is 1. The summed E-state index contributed by atoms with van der Waals surface area (Å²) in [6, 6.07) is 11.5. The number of aliphatic hydroxyl groups excluding tert-OH is 1. The van der Waals surface area contributed by atoms with Crippen molar-refractivity contribution in [3.63, 3.8) is 0 Å². The molecule has 2 aromatic carbocycles. The Hall–Kier alpha value is -3.36. The zero-order chi connectivity index (χ0) is 22.6. The predicted molar refractivity (Wildman–Crippen MR) is 121 cm³/mol. The fourth-order valence-electron chi connectivity index (χ4n) is 4.04. The van der Waals surface area contributed by atoms with E-state index in [0.29, 0.717) is 42.3 Å². The van der Waals surface area contributed by atoms with Crippen LogP contribution in [0.4, 0.5) is 0 Å². The van der Waals surface area contributed by atoms with Crippen LogP contribution in [0.2, 0.25) is 0 Å². The Bertz CT molecular complexity index is 1330. The molecule has 1 unspecified atom stereocenters. The average Bonchev–Trinajstić information content (AvgIpc) is 3.73. The number of rotatable bonds is 8. The molecular formula is C25H25N3O5. The number of benzene rings is 2. The molecule has 1 atom stereocenters. The van der Waals surface area contributed by atoms with Crippen LogP contribution in [0.5, 0.6) is 11.5 Å². The molecule has 3 heterocycles. The average molecular weight is 447 g/mol. The molecule has 1 aliphatic heterocycles. The van der Waals surface area contributed by atoms with Gasteiger partial charge >= 0.3 is 0 Å². The molecular weight excluding hydrogens is 422 g/mol. The Balaban J connectivity index is 1.31. The minimum absolute atomic E-state index is 0.00114. The summed E-state index contributed by atoms with van der Waals surface area (Å²) in [5.74, 6) is 3.65. The third-order valence-corrected chi connectivity index (χ3v) is 6.41. The van der Waals surface area contributed by atoms with Gasteiger partial charge in [0.05, 0.1) is 20.3 Å². The van der Waals surface area contributed by atoms with Crippen molar-refractivity contribution in [2.24, 2.45) is 5.92 Å². The van der Waals surface area contributed by atoms with Crippen LogP contribution in [0.25, 0.3) is 33.8 Å². The van der Waals surface area contributed by atoms with Crippen LogP contribution in [0.15, 0.2) is 45.3 Å². The molecule has 0 spiro atoms. The van der Waals surface area contributed by atoms with Gasteiger partial charge in [0.15, 0.2) is 11.5 Å². The lowest BCUT2D eigenvalue weighted by atomic mass is 10.1. The summed E-state index contributed by atoms with van der Waals surface area (Å²) in [6.07, 6.45) is 2.43. The number of aryl methyl sites for hydroxylation is 1. The smallest absolute Gasteiger partial charge is 0.258 e. The number of nitrogens with one attached hydrogen (secondary N) is 1. The van der Waals surface area contributed by atoms with E-state index in [1.807, 2.05) is 43.3 Å². The first-order valence-electron chi connectivity index (χ1n) is 11.1. The lowest BCUT2D eigenvalue weighted by Crippen LogP contribution is -2.16. The van der Waals surface area contributed by atoms with Gasteiger partial charge in [0.25, 0.3) is 5.89 Å². The third-order valence-electron chi connectivity index (χ3n) is 6.41. The molecule has 2 aromatic heterocycles. The normalized spacial score (nSPS) is 19.7. The minimum Gasteiger partial charge on any atom is -0.493 e. The number of aromatic nitrogens is 2. The highest BCUT2D eigenvalue weighted by molar-refractivity contribution is 5.86. The number of methoxy groups -OCH3 is 1. The first-order chi connectivity index (χ1) is 16.1. The number of ether oxygens (including phenoxy) is 2. The maximum atomic E-state index is 9.69. The number of aliphatic hydroxyl groups is 1. The molecule has 0 radical (unpaired) electrons. The van der Waals surface area contributed by atoms with Crippen LogP contribution in [-0.2, 0) is 5.54 Å². The van der Waals surface area contributed by atoms with E-state index in [2.05, 4.69) is 15.5 Å². The molecule has 6 rings (SSSR count). The summed E-state index contributed by atoms with van der Waals surface area (Å²) >= 11 is 0. The van der Waals surface area contributed by atoms with E-state index in [4.69, 9.17) is 18.4 Å². The quantitative estimate of drug-likeness (QED) is 0.389. The van der Waals surface area contributed by atoms with E-state index in [9.17, 15) is 5.11 Å². The third kappa shape index (κ3) is 3.65. The molecule has 4 aromatic rings. The van der Waals surface area contributed by atoms with Crippen molar-refractivity contribution in [2.75, 3.05) is 26.9 Å². The largest absolute Gasteiger partial charge is 0.493 e. The topological polar surface area (TPSA) is 113 Å². The minimum atomic E-state index is -0.460. The van der Waals surface area contributed by atoms with Crippen molar-refractivity contribution < 1.29 is 23.5 Å². The molecule has 1 saturated heterocycles. The first kappa shape index (κ1) is 20.3. The van der Waals surface area contributed by atoms with Gasteiger partial charge in [0, 0.05) is 23.1 Å². The molecule has 2 fully saturated rings. The van der Waals surface area contributed by atoms with Crippen LogP contribution in [-0.4, -0.2) is 42.1 Å². The van der Waals surface area contributed by atoms with E-state index >= 15 is 0 Å². The van der Waals surface area contributed by atoms with Crippen LogP contribution in [0.3, 0.4) is 0 Å². The second-order valence-electron chi connectivity index (χ2n) is 8.96. The lowest BCUT2D eigenvalue weighted by Gasteiger charge is -2.10. The van der Waals surface area contributed by atoms with E-state index in [1.165, 1.54) is 12.8 Å². The summed E-state index contributed by atoms with van der Waals surface area (Å²) < 4.78 is 23.0. The van der Waals surface area contributed by atoms with Gasteiger partial charge < -0.3 is 23.5 Å². The fraction of sp³-hybridized carbons (Fsp3) is 0.360. The molecule has 2 aliphatic rings. The SMILES string of the molecule is COc1ccc(-c2nc(-c3cc(C)c4oc(C5(CO)CN5)cc4c3)no2)cc1OCC1CC1. The maximum absolute atomic E-state index is 9.69. The second-order valence-corrected chi connectivity index (χ2v) is 8.96. The van der Waals surface area contributed by atoms with Crippen LogP contribution in [0, 0.1) is 12.8 Å². The fourth-order valence-corrected chi connectivity index (χ4v) is 4.04. The van der Waals surface area contributed by atoms with Gasteiger partial charge in [-0.2, -0.15) is 4.98 Å². The molecule has 2 N–H and O–H groups in total. The van der Waals surface area contributed by atoms with Gasteiger partial charge in [0.1, 0.15) is 16.9 Å². The van der Waals surface area contributed by atoms with E-state index in [1.54, 1.807) is 7.11 Å². The Morgan fingerprint density at radius 1 is 1.15 bits per heavy atom. The van der Waals surface area contributed by atoms with Gasteiger partial charge in [-0.25, -0.2) is 0 Å². The highest BCUT2D eigenvalue weighted by atomic mass is 16.5. The molecule has 1 aliphatic carbocycles. The number of hydrogen-bond acceptors (Lipinski definition) is 8. The molecule has 170 valence electrons. The standard InChI is InChI=1S/C25H25N3O5/c1-14-7-18(8-17-10-21(32-22(14)17)25(13-29)12-26-25)23-27-24(33-28-23)16-5-6-19(30-2)20(9-16)31-11-15-3-4-15/h5-10,15,26,29H,3-4,11-13H2,1-2H3. The zero-order valence-electron chi connectivity index (χ0n) is 18.6. The van der Waals surface area contributed by atoms with Crippen LogP contribution in [0.1, 0.15) is 24.2 Å². The maximum Gasteiger partial charge on any atom is 0.258 e. The number of hydrogen-bond donors (Lipinski definition) is 2. The van der Waals surface area contributed by atoms with Gasteiger partial charge in [-0.3, -0.25) is 5.32 Å². The number of nitrogens with zero attached hydrogens (tertiary/aromatic N) is 2. The Labute approximate surface area is 190 Å². The van der Waals surface area contributed by atoms with E-state index in [0.717, 1.165) is 33.4 Å². The monoisotopic (exact) mass is 447 g/mol. The molecule has 33 heavy (non-hydrogen) atoms. The first-order valence-corrected chi connectivity index (χ1v) is 11.1. The number of furan rings is 1. The second kappa shape index (κ2) is 7.60. The zero-order valence-corrected chi connectivity index (χ0v) is 18.6. The Morgan fingerprint density at radius 3 is 2.73 bits per heavy atom. The molecule has 8 nitrogen and oxygen atoms in total. The molecule has 0 amide bonds. The van der Waals surface area contributed by atoms with Crippen LogP contribution >= 0.6 is 0 Å². The molecule has 8 heteroatoms. The Morgan fingerprint density at radius 2 is 2.00 bits per heavy atom. The lowest BCUT2D eigenvalue weighted by molar-refractivity contribution is 0.236. The van der Waals surface area contributed by atoms with Crippen molar-refractivity contribution in [2.45, 2.75) is 25.3 Å². The van der Waals surface area contributed by atoms with Gasteiger partial charge in [-0.15, -0.1) is 0 Å². The van der Waals surface area contributed by atoms with Gasteiger partial charge in [-0.05, 0) is 67.6 Å². The van der Waals surface area contributed by atoms with Crippen molar-refractivity contribution in [3.05, 3.63) is 47.7 Å². The predicted octanol–water partition coefficient (Wildman–Crippen LogP) is 4.05. The summed E-state index contributed by atoms with van der Waals surface area (Å²) in [6.45, 7) is 3.38. The highest BCUT2D eigenvalue weighted by Gasteiger charge is 2.46. The summed E-state index contributed by atoms with van der Waals surface area (Å²) in [5, 5.41) is 18.0. The van der Waals surface area contributed by atoms with Gasteiger partial charge in [-0.1, -0.05) is 5.16 Å². The summed E-state index contributed by atoms with van der Waals surface area (Å²) in [4.78, 5) is 4.63. The summed E-state index contributed by atoms with van der Waals surface area (Å²) in [5.41, 5.74) is 2.91. The summed E-state index contributed by atoms with van der Waals surface area (Å²) in [7, 11) is 1.63. The molecule has 0 bridgehead atoms. The van der Waals surface area contributed by atoms with Crippen molar-refractivity contribution in [1.29, 1.82) is 0 Å². The van der Waals surface area contributed by atoms with Crippen LogP contribution < -0.4 is 14.8 Å². The van der Waals surface area contributed by atoms with E-state index < -0.39 is 5.54 Å². The molecule has 1 saturated carbocycles. The van der Waals surface area contributed by atoms with Crippen molar-refractivity contribution >= 4 is 11.0 Å². The van der Waals surface area contributed by atoms with Crippen molar-refractivity contribution in [1.82, 2.24) is 15.5 Å². The van der Waals surface area contributed by atoms with Gasteiger partial charge in [0.2, 0.25) is 5.82 Å². The van der Waals surface area contributed by atoms with E-state index in [-0.39, 0.29) is 6.61 Å². The van der Waals surface area contributed by atoms with Crippen molar-refractivity contribution in [3.8, 4) is 34.3 Å². The Kier molecular flexibility index (Phi) is 4.67.